The van der Waals surface area contributed by atoms with Crippen molar-refractivity contribution in [3.63, 3.8) is 0 Å². The van der Waals surface area contributed by atoms with E-state index in [4.69, 9.17) is 0 Å². The fourth-order valence-corrected chi connectivity index (χ4v) is 0.960. The van der Waals surface area contributed by atoms with E-state index in [1.54, 1.807) is 6.33 Å². The Balaban J connectivity index is 0.000000810. The van der Waals surface area contributed by atoms with E-state index in [1.807, 2.05) is 0 Å². The lowest BCUT2D eigenvalue weighted by molar-refractivity contribution is 0.979. The van der Waals surface area contributed by atoms with Gasteiger partial charge in [0, 0.05) is 7.12 Å². The summed E-state index contributed by atoms with van der Waals surface area (Å²) in [6, 6.07) is 0. The van der Waals surface area contributed by atoms with Gasteiger partial charge in [-0.2, -0.15) is 0 Å². The van der Waals surface area contributed by atoms with Gasteiger partial charge in [0.05, 0.1) is 12.0 Å². The number of nitrogens with one attached hydrogen (secondary N) is 1. The third kappa shape index (κ3) is 1.12. The molecule has 1 aromatic rings. The van der Waals surface area contributed by atoms with Gasteiger partial charge >= 0.3 is 0 Å². The fraction of sp³-hybridized carbons (Fsp3) is 0.571. The quantitative estimate of drug-likeness (QED) is 0.643. The number of hydrogen-bond acceptors (Lipinski definition) is 1. The lowest BCUT2D eigenvalue weighted by Gasteiger charge is -1.91. The first-order valence-electron chi connectivity index (χ1n) is 3.39. The fourth-order valence-electron chi connectivity index (χ4n) is 0.960. The molecular weight excluding hydrogens is 112 g/mol. The van der Waals surface area contributed by atoms with Gasteiger partial charge in [-0.3, -0.25) is 0 Å². The van der Waals surface area contributed by atoms with Crippen LogP contribution >= 0.6 is 0 Å². The molecule has 52 valence electrons. The van der Waals surface area contributed by atoms with Crippen LogP contribution in [-0.2, 0) is 12.8 Å². The average Bonchev–Trinajstić information content (AvgIpc) is 2.33. The van der Waals surface area contributed by atoms with Crippen LogP contribution in [0.4, 0.5) is 0 Å². The highest BCUT2D eigenvalue weighted by molar-refractivity contribution is 5.09. The number of aromatic nitrogens is 2. The Kier molecular flexibility index (Phi) is 1.88. The molecule has 0 bridgehead atoms. The molecule has 1 heterocycles. The van der Waals surface area contributed by atoms with Gasteiger partial charge in [0.25, 0.3) is 0 Å². The smallest absolute Gasteiger partial charge is 0.0925 e. The zero-order valence-corrected chi connectivity index (χ0v) is 5.94. The van der Waals surface area contributed by atoms with Crippen molar-refractivity contribution in [3.05, 3.63) is 17.7 Å². The molecule has 1 N–H and O–H groups in total. The van der Waals surface area contributed by atoms with Crippen LogP contribution in [0.1, 0.15) is 26.7 Å². The van der Waals surface area contributed by atoms with Crippen molar-refractivity contribution in [2.75, 3.05) is 0 Å². The molecule has 0 unspecified atom stereocenters. The van der Waals surface area contributed by atoms with Crippen LogP contribution in [0.15, 0.2) is 6.33 Å². The van der Waals surface area contributed by atoms with E-state index in [2.05, 4.69) is 23.8 Å². The molecule has 1 rings (SSSR count). The molecule has 0 aromatic carbocycles. The predicted molar refractivity (Wildman–Crippen MR) is 39.5 cm³/mol. The second kappa shape index (κ2) is 2.67. The van der Waals surface area contributed by atoms with Gasteiger partial charge in [-0.15, -0.1) is 0 Å². The summed E-state index contributed by atoms with van der Waals surface area (Å²) in [6.45, 7) is 4.25. The third-order valence-electron chi connectivity index (χ3n) is 1.50. The number of imidazole rings is 1. The molecule has 0 fully saturated rings. The Morgan fingerprint density at radius 3 is 2.78 bits per heavy atom. The van der Waals surface area contributed by atoms with Crippen LogP contribution in [-0.4, -0.2) is 9.97 Å². The molecule has 2 nitrogen and oxygen atoms in total. The predicted octanol–water partition coefficient (Wildman–Crippen LogP) is 1.78. The molecule has 0 radical (unpaired) electrons. The van der Waals surface area contributed by atoms with Crippen LogP contribution < -0.4 is 0 Å². The topological polar surface area (TPSA) is 28.7 Å². The minimum atomic E-state index is 0. The van der Waals surface area contributed by atoms with Crippen LogP contribution in [0, 0.1) is 0 Å². The number of aromatic amines is 1. The Morgan fingerprint density at radius 2 is 2.33 bits per heavy atom. The Bertz CT molecular complexity index is 165. The molecule has 0 aliphatic carbocycles. The number of hydrogen-bond donors (Lipinski definition) is 1. The number of aryl methyl sites for hydroxylation is 2. The standard InChI is InChI=1S/C7H12N2.H2/c1-3-6-7(4-2)9-5-8-6;/h5H,3-4H2,1-2H3,(H,8,9);1H. The van der Waals surface area contributed by atoms with E-state index in [0.29, 0.717) is 0 Å². The first kappa shape index (κ1) is 6.33. The van der Waals surface area contributed by atoms with E-state index in [1.165, 1.54) is 11.4 Å². The normalized spacial score (nSPS) is 10.0. The van der Waals surface area contributed by atoms with Crippen LogP contribution in [0.5, 0.6) is 0 Å². The highest BCUT2D eigenvalue weighted by atomic mass is 14.9. The molecule has 0 aliphatic rings. The van der Waals surface area contributed by atoms with Crippen LogP contribution in [0.2, 0.25) is 0 Å². The first-order valence-corrected chi connectivity index (χ1v) is 3.39. The van der Waals surface area contributed by atoms with Gasteiger partial charge in [-0.1, -0.05) is 13.8 Å². The van der Waals surface area contributed by atoms with E-state index in [9.17, 15) is 0 Å². The summed E-state index contributed by atoms with van der Waals surface area (Å²) in [4.78, 5) is 7.25. The molecule has 0 saturated carbocycles. The van der Waals surface area contributed by atoms with Crippen molar-refractivity contribution in [2.24, 2.45) is 0 Å². The molecule has 0 spiro atoms. The third-order valence-corrected chi connectivity index (χ3v) is 1.50. The maximum Gasteiger partial charge on any atom is 0.0925 e. The monoisotopic (exact) mass is 126 g/mol. The second-order valence-electron chi connectivity index (χ2n) is 2.03. The minimum absolute atomic E-state index is 0. The summed E-state index contributed by atoms with van der Waals surface area (Å²) >= 11 is 0. The Morgan fingerprint density at radius 1 is 1.56 bits per heavy atom. The zero-order chi connectivity index (χ0) is 6.69. The Labute approximate surface area is 56.8 Å². The molecular formula is C7H14N2. The van der Waals surface area contributed by atoms with E-state index >= 15 is 0 Å². The molecule has 1 aromatic heterocycles. The summed E-state index contributed by atoms with van der Waals surface area (Å²) in [5.41, 5.74) is 2.48. The van der Waals surface area contributed by atoms with Crippen molar-refractivity contribution < 1.29 is 1.43 Å². The zero-order valence-electron chi connectivity index (χ0n) is 5.94. The number of nitrogens with zero attached hydrogens (tertiary/aromatic N) is 1. The van der Waals surface area contributed by atoms with Crippen molar-refractivity contribution in [3.8, 4) is 0 Å². The van der Waals surface area contributed by atoms with E-state index < -0.39 is 0 Å². The van der Waals surface area contributed by atoms with Gasteiger partial charge in [-0.25, -0.2) is 4.98 Å². The summed E-state index contributed by atoms with van der Waals surface area (Å²) in [6.07, 6.45) is 3.85. The van der Waals surface area contributed by atoms with E-state index in [-0.39, 0.29) is 1.43 Å². The molecule has 9 heavy (non-hydrogen) atoms. The lowest BCUT2D eigenvalue weighted by atomic mass is 10.2. The van der Waals surface area contributed by atoms with Crippen molar-refractivity contribution in [1.29, 1.82) is 0 Å². The van der Waals surface area contributed by atoms with E-state index in [0.717, 1.165) is 12.8 Å². The lowest BCUT2D eigenvalue weighted by Crippen LogP contribution is -1.87. The molecule has 2 heteroatoms. The number of rotatable bonds is 2. The highest BCUT2D eigenvalue weighted by Crippen LogP contribution is 2.02. The van der Waals surface area contributed by atoms with Gasteiger partial charge in [-0.05, 0) is 12.8 Å². The van der Waals surface area contributed by atoms with Gasteiger partial charge in [0.1, 0.15) is 0 Å². The van der Waals surface area contributed by atoms with Gasteiger partial charge in [0.2, 0.25) is 0 Å². The summed E-state index contributed by atoms with van der Waals surface area (Å²) in [5, 5.41) is 0. The summed E-state index contributed by atoms with van der Waals surface area (Å²) in [7, 11) is 0. The maximum absolute atomic E-state index is 4.15. The number of H-pyrrole nitrogens is 1. The first-order chi connectivity index (χ1) is 4.38. The Hall–Kier alpha value is -0.790. The summed E-state index contributed by atoms with van der Waals surface area (Å²) < 4.78 is 0. The van der Waals surface area contributed by atoms with Crippen molar-refractivity contribution in [2.45, 2.75) is 26.7 Å². The largest absolute Gasteiger partial charge is 0.348 e. The van der Waals surface area contributed by atoms with Crippen LogP contribution in [0.25, 0.3) is 0 Å². The summed E-state index contributed by atoms with van der Waals surface area (Å²) in [5.74, 6) is 0. The average molecular weight is 126 g/mol. The minimum Gasteiger partial charge on any atom is -0.348 e. The maximum atomic E-state index is 4.15. The van der Waals surface area contributed by atoms with Gasteiger partial charge < -0.3 is 4.98 Å². The molecule has 0 aliphatic heterocycles. The van der Waals surface area contributed by atoms with Gasteiger partial charge in [0.15, 0.2) is 0 Å². The highest BCUT2D eigenvalue weighted by Gasteiger charge is 1.97. The SMILES string of the molecule is CCc1nc[nH]c1CC.[HH]. The molecule has 0 atom stereocenters. The molecule has 0 amide bonds. The molecule has 0 saturated heterocycles. The second-order valence-corrected chi connectivity index (χ2v) is 2.03. The van der Waals surface area contributed by atoms with Crippen molar-refractivity contribution in [1.82, 2.24) is 9.97 Å². The van der Waals surface area contributed by atoms with Crippen LogP contribution in [0.3, 0.4) is 0 Å². The van der Waals surface area contributed by atoms with Crippen molar-refractivity contribution >= 4 is 0 Å².